The molecule has 1 aliphatic rings. The minimum absolute atomic E-state index is 0.158. The van der Waals surface area contributed by atoms with Gasteiger partial charge in [-0.1, -0.05) is 33.1 Å². The Balaban J connectivity index is 2.05. The first-order valence-corrected chi connectivity index (χ1v) is 8.93. The number of amides is 1. The molecule has 24 heavy (non-hydrogen) atoms. The van der Waals surface area contributed by atoms with Gasteiger partial charge in [-0.25, -0.2) is 0 Å². The number of carboxylic acids is 1. The molecule has 0 spiro atoms. The van der Waals surface area contributed by atoms with E-state index in [1.807, 2.05) is 20.9 Å². The van der Waals surface area contributed by atoms with Crippen LogP contribution in [0.3, 0.4) is 0 Å². The van der Waals surface area contributed by atoms with Crippen LogP contribution in [0.1, 0.15) is 74.3 Å². The van der Waals surface area contributed by atoms with Crippen molar-refractivity contribution in [3.63, 3.8) is 0 Å². The second kappa shape index (κ2) is 8.31. The van der Waals surface area contributed by atoms with Crippen LogP contribution in [-0.4, -0.2) is 33.3 Å². The van der Waals surface area contributed by atoms with Gasteiger partial charge in [-0.2, -0.15) is 5.10 Å². The maximum absolute atomic E-state index is 12.6. The Bertz CT molecular complexity index is 574. The number of carbonyl (C=O) groups is 2. The van der Waals surface area contributed by atoms with Gasteiger partial charge in [-0.05, 0) is 25.2 Å². The predicted octanol–water partition coefficient (Wildman–Crippen LogP) is 2.94. The van der Waals surface area contributed by atoms with Crippen molar-refractivity contribution >= 4 is 11.9 Å². The summed E-state index contributed by atoms with van der Waals surface area (Å²) in [6.45, 7) is 4.13. The first-order valence-electron chi connectivity index (χ1n) is 8.93. The first-order chi connectivity index (χ1) is 11.4. The van der Waals surface area contributed by atoms with Gasteiger partial charge in [0, 0.05) is 25.7 Å². The van der Waals surface area contributed by atoms with Gasteiger partial charge in [0.25, 0.3) is 5.91 Å². The van der Waals surface area contributed by atoms with Crippen molar-refractivity contribution in [3.05, 3.63) is 17.5 Å². The van der Waals surface area contributed by atoms with Gasteiger partial charge < -0.3 is 10.4 Å². The highest BCUT2D eigenvalue weighted by Crippen LogP contribution is 2.33. The Hall–Kier alpha value is -1.85. The van der Waals surface area contributed by atoms with Gasteiger partial charge >= 0.3 is 5.97 Å². The Morgan fingerprint density at radius 1 is 1.33 bits per heavy atom. The molecule has 2 N–H and O–H groups in total. The molecule has 134 valence electrons. The number of aryl methyl sites for hydroxylation is 1. The molecule has 1 amide bonds. The van der Waals surface area contributed by atoms with Crippen molar-refractivity contribution in [1.82, 2.24) is 15.1 Å². The molecular formula is C18H29N3O3. The number of nitrogens with one attached hydrogen (secondary N) is 1. The summed E-state index contributed by atoms with van der Waals surface area (Å²) in [6, 6.07) is 0. The fourth-order valence-corrected chi connectivity index (χ4v) is 3.51. The molecule has 0 bridgehead atoms. The Kier molecular flexibility index (Phi) is 6.40. The summed E-state index contributed by atoms with van der Waals surface area (Å²) < 4.78 is 1.68. The van der Waals surface area contributed by atoms with Gasteiger partial charge in [-0.15, -0.1) is 0 Å². The predicted molar refractivity (Wildman–Crippen MR) is 91.9 cm³/mol. The Morgan fingerprint density at radius 3 is 2.58 bits per heavy atom. The first kappa shape index (κ1) is 18.5. The Labute approximate surface area is 143 Å². The summed E-state index contributed by atoms with van der Waals surface area (Å²) in [5.41, 5.74) is 1.46. The molecule has 1 aliphatic carbocycles. The third-order valence-corrected chi connectivity index (χ3v) is 4.71. The average Bonchev–Trinajstić information content (AvgIpc) is 2.93. The van der Waals surface area contributed by atoms with Gasteiger partial charge in [0.1, 0.15) is 0 Å². The van der Waals surface area contributed by atoms with Crippen LogP contribution in [-0.2, 0) is 11.8 Å². The minimum Gasteiger partial charge on any atom is -0.481 e. The molecule has 0 aromatic carbocycles. The van der Waals surface area contributed by atoms with Crippen molar-refractivity contribution in [3.8, 4) is 0 Å². The fraction of sp³-hybridized carbons (Fsp3) is 0.722. The molecule has 0 radical (unpaired) electrons. The number of aromatic nitrogens is 2. The molecule has 6 nitrogen and oxygen atoms in total. The molecule has 1 aromatic heterocycles. The topological polar surface area (TPSA) is 84.2 Å². The number of carboxylic acid groups (broad SMARTS) is 1. The van der Waals surface area contributed by atoms with Gasteiger partial charge in [0.15, 0.2) is 0 Å². The average molecular weight is 335 g/mol. The normalized spacial score (nSPS) is 17.0. The smallest absolute Gasteiger partial charge is 0.308 e. The summed E-state index contributed by atoms with van der Waals surface area (Å²) in [4.78, 5) is 23.9. The van der Waals surface area contributed by atoms with E-state index in [9.17, 15) is 14.7 Å². The summed E-state index contributed by atoms with van der Waals surface area (Å²) in [7, 11) is 1.82. The lowest BCUT2D eigenvalue weighted by molar-refractivity contribution is -0.142. The lowest BCUT2D eigenvalue weighted by atomic mass is 9.85. The number of hydrogen-bond donors (Lipinski definition) is 2. The van der Waals surface area contributed by atoms with Crippen LogP contribution in [0.25, 0.3) is 0 Å². The van der Waals surface area contributed by atoms with E-state index in [0.717, 1.165) is 18.5 Å². The van der Waals surface area contributed by atoms with E-state index in [2.05, 4.69) is 10.4 Å². The molecule has 1 atom stereocenters. The molecule has 1 saturated carbocycles. The molecule has 2 rings (SSSR count). The zero-order chi connectivity index (χ0) is 17.7. The van der Waals surface area contributed by atoms with Gasteiger partial charge in [-0.3, -0.25) is 14.3 Å². The molecular weight excluding hydrogens is 306 g/mol. The van der Waals surface area contributed by atoms with E-state index >= 15 is 0 Å². The molecule has 1 fully saturated rings. The molecule has 0 saturated heterocycles. The van der Waals surface area contributed by atoms with Crippen molar-refractivity contribution in [2.75, 3.05) is 6.54 Å². The quantitative estimate of drug-likeness (QED) is 0.802. The second-order valence-corrected chi connectivity index (χ2v) is 7.31. The van der Waals surface area contributed by atoms with Gasteiger partial charge in [0.05, 0.1) is 17.2 Å². The molecule has 1 aromatic rings. The maximum Gasteiger partial charge on any atom is 0.308 e. The van der Waals surface area contributed by atoms with E-state index in [0.29, 0.717) is 17.9 Å². The van der Waals surface area contributed by atoms with E-state index in [-0.39, 0.29) is 18.4 Å². The van der Waals surface area contributed by atoms with Crippen LogP contribution in [0.5, 0.6) is 0 Å². The molecule has 0 aliphatic heterocycles. The highest BCUT2D eigenvalue weighted by atomic mass is 16.4. The number of aliphatic carboxylic acids is 1. The third kappa shape index (κ3) is 4.82. The third-order valence-electron chi connectivity index (χ3n) is 4.71. The molecule has 1 heterocycles. The van der Waals surface area contributed by atoms with E-state index in [4.69, 9.17) is 0 Å². The number of rotatable bonds is 7. The van der Waals surface area contributed by atoms with E-state index in [1.165, 1.54) is 19.3 Å². The second-order valence-electron chi connectivity index (χ2n) is 7.31. The number of hydrogen-bond acceptors (Lipinski definition) is 3. The zero-order valence-electron chi connectivity index (χ0n) is 14.9. The van der Waals surface area contributed by atoms with Crippen molar-refractivity contribution in [2.45, 2.75) is 58.3 Å². The summed E-state index contributed by atoms with van der Waals surface area (Å²) in [5, 5.41) is 16.6. The Morgan fingerprint density at radius 2 is 2.00 bits per heavy atom. The van der Waals surface area contributed by atoms with Crippen molar-refractivity contribution in [2.24, 2.45) is 18.9 Å². The van der Waals surface area contributed by atoms with Crippen LogP contribution in [0.2, 0.25) is 0 Å². The highest BCUT2D eigenvalue weighted by molar-refractivity contribution is 5.95. The standard InChI is InChI=1S/C18H29N3O3/c1-12(2)9-14(18(23)24)10-19-17(22)15-11-21(3)20-16(15)13-7-5-4-6-8-13/h11-14H,4-10H2,1-3H3,(H,19,22)(H,23,24). The fourth-order valence-electron chi connectivity index (χ4n) is 3.51. The van der Waals surface area contributed by atoms with E-state index < -0.39 is 11.9 Å². The van der Waals surface area contributed by atoms with Crippen LogP contribution in [0.4, 0.5) is 0 Å². The van der Waals surface area contributed by atoms with Crippen LogP contribution < -0.4 is 5.32 Å². The summed E-state index contributed by atoms with van der Waals surface area (Å²) in [5.74, 6) is -1.00. The van der Waals surface area contributed by atoms with Crippen LogP contribution in [0.15, 0.2) is 6.20 Å². The molecule has 6 heteroatoms. The largest absolute Gasteiger partial charge is 0.481 e. The van der Waals surface area contributed by atoms with Crippen molar-refractivity contribution in [1.29, 1.82) is 0 Å². The SMILES string of the molecule is CC(C)CC(CNC(=O)c1cn(C)nc1C1CCCCC1)C(=O)O. The minimum atomic E-state index is -0.859. The number of carbonyl (C=O) groups excluding carboxylic acids is 1. The van der Waals surface area contributed by atoms with E-state index in [1.54, 1.807) is 10.9 Å². The monoisotopic (exact) mass is 335 g/mol. The number of nitrogens with zero attached hydrogens (tertiary/aromatic N) is 2. The maximum atomic E-state index is 12.6. The van der Waals surface area contributed by atoms with Crippen LogP contribution in [0, 0.1) is 11.8 Å². The lowest BCUT2D eigenvalue weighted by Gasteiger charge is -2.21. The highest BCUT2D eigenvalue weighted by Gasteiger charge is 2.26. The zero-order valence-corrected chi connectivity index (χ0v) is 14.9. The lowest BCUT2D eigenvalue weighted by Crippen LogP contribution is -2.34. The summed E-state index contributed by atoms with van der Waals surface area (Å²) in [6.07, 6.45) is 8.05. The summed E-state index contributed by atoms with van der Waals surface area (Å²) >= 11 is 0. The van der Waals surface area contributed by atoms with Gasteiger partial charge in [0.2, 0.25) is 0 Å². The molecule has 1 unspecified atom stereocenters. The van der Waals surface area contributed by atoms with Crippen molar-refractivity contribution < 1.29 is 14.7 Å². The van der Waals surface area contributed by atoms with Crippen LogP contribution >= 0.6 is 0 Å².